The van der Waals surface area contributed by atoms with Gasteiger partial charge in [-0.1, -0.05) is 29.3 Å². The molecule has 0 amide bonds. The van der Waals surface area contributed by atoms with Crippen LogP contribution in [0.4, 0.5) is 5.69 Å². The van der Waals surface area contributed by atoms with Crippen molar-refractivity contribution in [3.8, 4) is 6.07 Å². The SMILES string of the molecule is N#Cc1ccc(CNc2ccc(I)cc2Cl)c(Cl)c1. The zero-order valence-corrected chi connectivity index (χ0v) is 13.4. The molecule has 0 bridgehead atoms. The van der Waals surface area contributed by atoms with Crippen LogP contribution in [-0.4, -0.2) is 0 Å². The summed E-state index contributed by atoms with van der Waals surface area (Å²) in [6, 6.07) is 13.1. The fourth-order valence-electron chi connectivity index (χ4n) is 1.58. The first-order chi connectivity index (χ1) is 9.10. The molecule has 5 heteroatoms. The van der Waals surface area contributed by atoms with Crippen LogP contribution in [0.3, 0.4) is 0 Å². The quantitative estimate of drug-likeness (QED) is 0.726. The van der Waals surface area contributed by atoms with Crippen LogP contribution in [0.25, 0.3) is 0 Å². The standard InChI is InChI=1S/C14H9Cl2IN2/c15-12-5-9(7-18)1-2-10(12)8-19-14-4-3-11(17)6-13(14)16/h1-6,19H,8H2. The fourth-order valence-corrected chi connectivity index (χ4v) is 2.75. The van der Waals surface area contributed by atoms with Crippen molar-refractivity contribution in [2.75, 3.05) is 5.32 Å². The van der Waals surface area contributed by atoms with E-state index >= 15 is 0 Å². The first-order valence-electron chi connectivity index (χ1n) is 5.47. The maximum atomic E-state index is 8.78. The van der Waals surface area contributed by atoms with Gasteiger partial charge in [0.2, 0.25) is 0 Å². The van der Waals surface area contributed by atoms with E-state index in [1.807, 2.05) is 24.3 Å². The van der Waals surface area contributed by atoms with Crippen LogP contribution in [0.1, 0.15) is 11.1 Å². The van der Waals surface area contributed by atoms with Crippen molar-refractivity contribution < 1.29 is 0 Å². The van der Waals surface area contributed by atoms with Gasteiger partial charge in [-0.15, -0.1) is 0 Å². The Bertz CT molecular complexity index is 650. The molecule has 0 heterocycles. The number of hydrogen-bond donors (Lipinski definition) is 1. The van der Waals surface area contributed by atoms with Crippen molar-refractivity contribution in [2.24, 2.45) is 0 Å². The third-order valence-electron chi connectivity index (χ3n) is 2.58. The van der Waals surface area contributed by atoms with Crippen molar-refractivity contribution in [1.82, 2.24) is 0 Å². The van der Waals surface area contributed by atoms with Gasteiger partial charge in [-0.25, -0.2) is 0 Å². The van der Waals surface area contributed by atoms with E-state index in [1.54, 1.807) is 12.1 Å². The van der Waals surface area contributed by atoms with E-state index in [0.717, 1.165) is 14.8 Å². The van der Waals surface area contributed by atoms with Crippen LogP contribution >= 0.6 is 45.8 Å². The summed E-state index contributed by atoms with van der Waals surface area (Å²) >= 11 is 14.5. The minimum atomic E-state index is 0.557. The first-order valence-corrected chi connectivity index (χ1v) is 7.31. The van der Waals surface area contributed by atoms with Gasteiger partial charge in [0.1, 0.15) is 0 Å². The summed E-state index contributed by atoms with van der Waals surface area (Å²) < 4.78 is 1.09. The number of nitrogens with one attached hydrogen (secondary N) is 1. The van der Waals surface area contributed by atoms with Gasteiger partial charge in [0.05, 0.1) is 22.3 Å². The lowest BCUT2D eigenvalue weighted by Crippen LogP contribution is -2.01. The first kappa shape index (κ1) is 14.4. The average molecular weight is 403 g/mol. The van der Waals surface area contributed by atoms with E-state index in [1.165, 1.54) is 0 Å². The van der Waals surface area contributed by atoms with Crippen LogP contribution < -0.4 is 5.32 Å². The highest BCUT2D eigenvalue weighted by molar-refractivity contribution is 14.1. The van der Waals surface area contributed by atoms with Crippen molar-refractivity contribution >= 4 is 51.5 Å². The third-order valence-corrected chi connectivity index (χ3v) is 3.92. The van der Waals surface area contributed by atoms with Gasteiger partial charge >= 0.3 is 0 Å². The number of nitriles is 1. The molecular formula is C14H9Cl2IN2. The number of hydrogen-bond acceptors (Lipinski definition) is 2. The van der Waals surface area contributed by atoms with E-state index < -0.39 is 0 Å². The van der Waals surface area contributed by atoms with Crippen LogP contribution in [0.5, 0.6) is 0 Å². The predicted octanol–water partition coefficient (Wildman–Crippen LogP) is 5.08. The normalized spacial score (nSPS) is 10.0. The van der Waals surface area contributed by atoms with Crippen molar-refractivity contribution in [3.63, 3.8) is 0 Å². The maximum absolute atomic E-state index is 8.78. The molecule has 0 radical (unpaired) electrons. The zero-order chi connectivity index (χ0) is 13.8. The van der Waals surface area contributed by atoms with Gasteiger partial charge in [0.25, 0.3) is 0 Å². The lowest BCUT2D eigenvalue weighted by atomic mass is 10.1. The molecule has 0 saturated carbocycles. The van der Waals surface area contributed by atoms with Gasteiger partial charge in [0, 0.05) is 15.1 Å². The highest BCUT2D eigenvalue weighted by Gasteiger charge is 2.04. The van der Waals surface area contributed by atoms with Gasteiger partial charge in [0.15, 0.2) is 0 Å². The van der Waals surface area contributed by atoms with Gasteiger partial charge < -0.3 is 5.32 Å². The Balaban J connectivity index is 2.13. The Morgan fingerprint density at radius 3 is 2.53 bits per heavy atom. The summed E-state index contributed by atoms with van der Waals surface area (Å²) in [6.07, 6.45) is 0. The molecule has 1 N–H and O–H groups in total. The van der Waals surface area contributed by atoms with Gasteiger partial charge in [-0.2, -0.15) is 5.26 Å². The lowest BCUT2D eigenvalue weighted by molar-refractivity contribution is 1.15. The van der Waals surface area contributed by atoms with E-state index in [9.17, 15) is 0 Å². The minimum absolute atomic E-state index is 0.557. The molecule has 0 spiro atoms. The van der Waals surface area contributed by atoms with Crippen LogP contribution in [0, 0.1) is 14.9 Å². The smallest absolute Gasteiger partial charge is 0.0992 e. The largest absolute Gasteiger partial charge is 0.380 e. The molecule has 2 aromatic rings. The monoisotopic (exact) mass is 402 g/mol. The summed E-state index contributed by atoms with van der Waals surface area (Å²) in [5.41, 5.74) is 2.35. The second kappa shape index (κ2) is 6.47. The minimum Gasteiger partial charge on any atom is -0.380 e. The highest BCUT2D eigenvalue weighted by Crippen LogP contribution is 2.25. The molecule has 0 saturated heterocycles. The van der Waals surface area contributed by atoms with Crippen molar-refractivity contribution in [2.45, 2.75) is 6.54 Å². The fraction of sp³-hybridized carbons (Fsp3) is 0.0714. The second-order valence-corrected chi connectivity index (χ2v) is 5.96. The topological polar surface area (TPSA) is 35.8 Å². The Hall–Kier alpha value is -0.960. The molecular weight excluding hydrogens is 394 g/mol. The van der Waals surface area contributed by atoms with Crippen LogP contribution in [0.15, 0.2) is 36.4 Å². The zero-order valence-electron chi connectivity index (χ0n) is 9.75. The third kappa shape index (κ3) is 3.75. The number of anilines is 1. The molecule has 19 heavy (non-hydrogen) atoms. The molecule has 0 unspecified atom stereocenters. The van der Waals surface area contributed by atoms with Crippen molar-refractivity contribution in [1.29, 1.82) is 5.26 Å². The molecule has 0 aromatic heterocycles. The average Bonchev–Trinajstić information content (AvgIpc) is 2.39. The van der Waals surface area contributed by atoms with E-state index in [-0.39, 0.29) is 0 Å². The van der Waals surface area contributed by atoms with Crippen LogP contribution in [0.2, 0.25) is 10.0 Å². The van der Waals surface area contributed by atoms with Crippen LogP contribution in [-0.2, 0) is 6.54 Å². The number of halogens is 3. The summed E-state index contributed by atoms with van der Waals surface area (Å²) in [4.78, 5) is 0. The summed E-state index contributed by atoms with van der Waals surface area (Å²) in [5, 5.41) is 13.3. The molecule has 0 atom stereocenters. The lowest BCUT2D eigenvalue weighted by Gasteiger charge is -2.10. The predicted molar refractivity (Wildman–Crippen MR) is 87.7 cm³/mol. The Labute approximate surface area is 135 Å². The molecule has 0 aliphatic heterocycles. The number of nitrogens with zero attached hydrogens (tertiary/aromatic N) is 1. The maximum Gasteiger partial charge on any atom is 0.0992 e. The van der Waals surface area contributed by atoms with E-state index in [4.69, 9.17) is 28.5 Å². The van der Waals surface area contributed by atoms with E-state index in [0.29, 0.717) is 22.2 Å². The highest BCUT2D eigenvalue weighted by atomic mass is 127. The Morgan fingerprint density at radius 1 is 1.11 bits per heavy atom. The molecule has 96 valence electrons. The molecule has 0 aliphatic carbocycles. The number of rotatable bonds is 3. The summed E-state index contributed by atoms with van der Waals surface area (Å²) in [5.74, 6) is 0. The summed E-state index contributed by atoms with van der Waals surface area (Å²) in [6.45, 7) is 0.560. The second-order valence-electron chi connectivity index (χ2n) is 3.90. The Kier molecular flexibility index (Phi) is 4.92. The van der Waals surface area contributed by atoms with Crippen molar-refractivity contribution in [3.05, 3.63) is 61.1 Å². The molecule has 0 fully saturated rings. The summed E-state index contributed by atoms with van der Waals surface area (Å²) in [7, 11) is 0. The number of benzene rings is 2. The van der Waals surface area contributed by atoms with E-state index in [2.05, 4.69) is 34.0 Å². The molecule has 2 rings (SSSR count). The molecule has 0 aliphatic rings. The van der Waals surface area contributed by atoms with Gasteiger partial charge in [-0.05, 0) is 58.5 Å². The molecule has 2 nitrogen and oxygen atoms in total. The molecule has 2 aromatic carbocycles. The van der Waals surface area contributed by atoms with Gasteiger partial charge in [-0.3, -0.25) is 0 Å². The Morgan fingerprint density at radius 2 is 1.89 bits per heavy atom.